The highest BCUT2D eigenvalue weighted by molar-refractivity contribution is 8.00. The van der Waals surface area contributed by atoms with E-state index in [4.69, 9.17) is 0 Å². The maximum absolute atomic E-state index is 11.6. The molecule has 1 aromatic rings. The molecule has 0 N–H and O–H groups in total. The minimum Gasteiger partial charge on any atom is -0.258 e. The predicted octanol–water partition coefficient (Wildman–Crippen LogP) is 1.60. The monoisotopic (exact) mass is 288 g/mol. The van der Waals surface area contributed by atoms with Crippen LogP contribution < -0.4 is 0 Å². The lowest BCUT2D eigenvalue weighted by molar-refractivity contribution is -0.384. The van der Waals surface area contributed by atoms with E-state index in [1.54, 1.807) is 12.1 Å². The normalized spacial score (nSPS) is 21.1. The fourth-order valence-electron chi connectivity index (χ4n) is 1.85. The van der Waals surface area contributed by atoms with Gasteiger partial charge in [0.2, 0.25) is 10.0 Å². The second kappa shape index (κ2) is 4.87. The van der Waals surface area contributed by atoms with E-state index in [1.165, 1.54) is 28.2 Å². The van der Waals surface area contributed by atoms with Crippen molar-refractivity contribution in [2.45, 2.75) is 5.37 Å². The van der Waals surface area contributed by atoms with Crippen molar-refractivity contribution in [3.05, 3.63) is 39.9 Å². The summed E-state index contributed by atoms with van der Waals surface area (Å²) >= 11 is 1.48. The van der Waals surface area contributed by atoms with Gasteiger partial charge in [-0.25, -0.2) is 8.42 Å². The third kappa shape index (κ3) is 2.65. The van der Waals surface area contributed by atoms with E-state index in [-0.39, 0.29) is 11.1 Å². The molecule has 1 aliphatic heterocycles. The second-order valence-corrected chi connectivity index (χ2v) is 7.07. The molecule has 0 amide bonds. The molecule has 1 atom stereocenters. The SMILES string of the molecule is CS(=O)(=O)N1CCS[C@H]1c1cccc([N+](=O)[O-])c1. The largest absolute Gasteiger partial charge is 0.269 e. The Bertz CT molecular complexity index is 573. The van der Waals surface area contributed by atoms with Crippen LogP contribution in [0.15, 0.2) is 24.3 Å². The summed E-state index contributed by atoms with van der Waals surface area (Å²) < 4.78 is 24.6. The Morgan fingerprint density at radius 3 is 2.83 bits per heavy atom. The van der Waals surface area contributed by atoms with Crippen LogP contribution in [0.2, 0.25) is 0 Å². The van der Waals surface area contributed by atoms with E-state index in [0.717, 1.165) is 6.26 Å². The molecule has 0 bridgehead atoms. The summed E-state index contributed by atoms with van der Waals surface area (Å²) in [4.78, 5) is 10.2. The number of hydrogen-bond donors (Lipinski definition) is 0. The number of benzene rings is 1. The molecule has 8 heteroatoms. The van der Waals surface area contributed by atoms with Gasteiger partial charge >= 0.3 is 0 Å². The van der Waals surface area contributed by atoms with Crippen LogP contribution >= 0.6 is 11.8 Å². The second-order valence-electron chi connectivity index (χ2n) is 3.95. The van der Waals surface area contributed by atoms with Gasteiger partial charge in [-0.3, -0.25) is 10.1 Å². The van der Waals surface area contributed by atoms with Crippen molar-refractivity contribution < 1.29 is 13.3 Å². The minimum atomic E-state index is -3.29. The van der Waals surface area contributed by atoms with Crippen molar-refractivity contribution in [3.63, 3.8) is 0 Å². The van der Waals surface area contributed by atoms with Gasteiger partial charge in [-0.05, 0) is 5.56 Å². The molecule has 1 heterocycles. The average Bonchev–Trinajstić information content (AvgIpc) is 2.77. The molecule has 0 aliphatic carbocycles. The Labute approximate surface area is 109 Å². The van der Waals surface area contributed by atoms with Gasteiger partial charge in [0.25, 0.3) is 5.69 Å². The van der Waals surface area contributed by atoms with Crippen molar-refractivity contribution in [2.75, 3.05) is 18.6 Å². The summed E-state index contributed by atoms with van der Waals surface area (Å²) in [5.41, 5.74) is 0.630. The van der Waals surface area contributed by atoms with E-state index in [9.17, 15) is 18.5 Å². The number of nitro groups is 1. The van der Waals surface area contributed by atoms with Crippen LogP contribution in [0, 0.1) is 10.1 Å². The van der Waals surface area contributed by atoms with Crippen LogP contribution in [0.3, 0.4) is 0 Å². The first-order valence-corrected chi connectivity index (χ1v) is 8.12. The van der Waals surface area contributed by atoms with Gasteiger partial charge in [0.15, 0.2) is 0 Å². The van der Waals surface area contributed by atoms with Gasteiger partial charge < -0.3 is 0 Å². The summed E-state index contributed by atoms with van der Waals surface area (Å²) in [5, 5.41) is 10.4. The Kier molecular flexibility index (Phi) is 3.60. The molecular weight excluding hydrogens is 276 g/mol. The maximum atomic E-state index is 11.6. The van der Waals surface area contributed by atoms with Crippen LogP contribution in [0.4, 0.5) is 5.69 Å². The van der Waals surface area contributed by atoms with Crippen molar-refractivity contribution >= 4 is 27.5 Å². The van der Waals surface area contributed by atoms with Crippen molar-refractivity contribution in [2.24, 2.45) is 0 Å². The molecule has 1 aliphatic rings. The van der Waals surface area contributed by atoms with Gasteiger partial charge in [0, 0.05) is 24.4 Å². The zero-order valence-corrected chi connectivity index (χ0v) is 11.3. The van der Waals surface area contributed by atoms with E-state index < -0.39 is 14.9 Å². The number of non-ortho nitro benzene ring substituents is 1. The van der Waals surface area contributed by atoms with Gasteiger partial charge in [-0.1, -0.05) is 12.1 Å². The highest BCUT2D eigenvalue weighted by Crippen LogP contribution is 2.40. The zero-order chi connectivity index (χ0) is 13.3. The molecule has 0 unspecified atom stereocenters. The lowest BCUT2D eigenvalue weighted by atomic mass is 10.2. The molecule has 6 nitrogen and oxygen atoms in total. The van der Waals surface area contributed by atoms with E-state index >= 15 is 0 Å². The lowest BCUT2D eigenvalue weighted by Gasteiger charge is -2.21. The summed E-state index contributed by atoms with van der Waals surface area (Å²) in [6.45, 7) is 0.441. The first kappa shape index (κ1) is 13.3. The van der Waals surface area contributed by atoms with E-state index in [2.05, 4.69) is 0 Å². The fourth-order valence-corrected chi connectivity index (χ4v) is 4.64. The highest BCUT2D eigenvalue weighted by Gasteiger charge is 2.33. The summed E-state index contributed by atoms with van der Waals surface area (Å²) in [6, 6.07) is 6.12. The fraction of sp³-hybridized carbons (Fsp3) is 0.400. The topological polar surface area (TPSA) is 80.5 Å². The first-order chi connectivity index (χ1) is 8.39. The molecule has 0 radical (unpaired) electrons. The molecule has 0 spiro atoms. The summed E-state index contributed by atoms with van der Waals surface area (Å²) in [5.74, 6) is 0.695. The summed E-state index contributed by atoms with van der Waals surface area (Å²) in [7, 11) is -3.29. The van der Waals surface area contributed by atoms with Crippen molar-refractivity contribution in [1.29, 1.82) is 0 Å². The molecule has 1 fully saturated rings. The van der Waals surface area contributed by atoms with Crippen LogP contribution in [0.5, 0.6) is 0 Å². The van der Waals surface area contributed by atoms with Crippen LogP contribution in [-0.2, 0) is 10.0 Å². The molecule has 1 aromatic carbocycles. The Morgan fingerprint density at radius 1 is 1.50 bits per heavy atom. The quantitative estimate of drug-likeness (QED) is 0.623. The Balaban J connectivity index is 2.36. The van der Waals surface area contributed by atoms with Gasteiger partial charge in [-0.15, -0.1) is 11.8 Å². The molecule has 98 valence electrons. The van der Waals surface area contributed by atoms with Crippen LogP contribution in [-0.4, -0.2) is 36.2 Å². The van der Waals surface area contributed by atoms with Gasteiger partial charge in [0.1, 0.15) is 0 Å². The van der Waals surface area contributed by atoms with Gasteiger partial charge in [-0.2, -0.15) is 4.31 Å². The third-order valence-corrected chi connectivity index (χ3v) is 5.28. The molecule has 18 heavy (non-hydrogen) atoms. The summed E-state index contributed by atoms with van der Waals surface area (Å²) in [6.07, 6.45) is 1.16. The molecular formula is C10H12N2O4S2. The average molecular weight is 288 g/mol. The third-order valence-electron chi connectivity index (χ3n) is 2.64. The molecule has 2 rings (SSSR count). The first-order valence-electron chi connectivity index (χ1n) is 5.22. The van der Waals surface area contributed by atoms with Gasteiger partial charge in [0.05, 0.1) is 16.6 Å². The number of thioether (sulfide) groups is 1. The van der Waals surface area contributed by atoms with E-state index in [0.29, 0.717) is 17.9 Å². The van der Waals surface area contributed by atoms with Crippen molar-refractivity contribution in [1.82, 2.24) is 4.31 Å². The van der Waals surface area contributed by atoms with E-state index in [1.807, 2.05) is 0 Å². The van der Waals surface area contributed by atoms with Crippen LogP contribution in [0.1, 0.15) is 10.9 Å². The molecule has 0 aromatic heterocycles. The number of sulfonamides is 1. The zero-order valence-electron chi connectivity index (χ0n) is 9.64. The maximum Gasteiger partial charge on any atom is 0.269 e. The smallest absolute Gasteiger partial charge is 0.258 e. The molecule has 1 saturated heterocycles. The van der Waals surface area contributed by atoms with Crippen LogP contribution in [0.25, 0.3) is 0 Å². The van der Waals surface area contributed by atoms with Crippen molar-refractivity contribution in [3.8, 4) is 0 Å². The number of rotatable bonds is 3. The highest BCUT2D eigenvalue weighted by atomic mass is 32.2. The number of nitro benzene ring substituents is 1. The molecule has 0 saturated carbocycles. The standard InChI is InChI=1S/C10H12N2O4S2/c1-18(15,16)11-5-6-17-10(11)8-3-2-4-9(7-8)12(13)14/h2-4,7,10H,5-6H2,1H3/t10-/m0/s1. The number of nitrogens with zero attached hydrogens (tertiary/aromatic N) is 2. The predicted molar refractivity (Wildman–Crippen MR) is 69.8 cm³/mol. The Hall–Kier alpha value is -1.12. The lowest BCUT2D eigenvalue weighted by Crippen LogP contribution is -2.29. The number of hydrogen-bond acceptors (Lipinski definition) is 5. The Morgan fingerprint density at radius 2 is 2.22 bits per heavy atom. The minimum absolute atomic E-state index is 0.0200.